The molecule has 1 saturated carbocycles. The molecule has 0 radical (unpaired) electrons. The number of anilines is 1. The lowest BCUT2D eigenvalue weighted by molar-refractivity contribution is -0.156. The summed E-state index contributed by atoms with van der Waals surface area (Å²) in [6, 6.07) is 8.83. The highest BCUT2D eigenvalue weighted by molar-refractivity contribution is 5.96. The number of nitrogens with zero attached hydrogens (tertiary/aromatic N) is 2. The highest BCUT2D eigenvalue weighted by Crippen LogP contribution is 2.64. The van der Waals surface area contributed by atoms with Crippen LogP contribution in [0.3, 0.4) is 0 Å². The van der Waals surface area contributed by atoms with Gasteiger partial charge >= 0.3 is 0 Å². The second-order valence-electron chi connectivity index (χ2n) is 8.55. The Morgan fingerprint density at radius 3 is 3.04 bits per heavy atom. The van der Waals surface area contributed by atoms with Gasteiger partial charge in [0.2, 0.25) is 5.91 Å². The normalized spacial score (nSPS) is 42.8. The van der Waals surface area contributed by atoms with E-state index in [0.717, 1.165) is 31.6 Å². The quantitative estimate of drug-likeness (QED) is 0.722. The van der Waals surface area contributed by atoms with Gasteiger partial charge in [-0.3, -0.25) is 9.69 Å². The fourth-order valence-electron chi connectivity index (χ4n) is 6.99. The lowest BCUT2D eigenvalue weighted by Gasteiger charge is -2.56. The fourth-order valence-corrected chi connectivity index (χ4v) is 6.99. The molecule has 4 aliphatic heterocycles. The van der Waals surface area contributed by atoms with Gasteiger partial charge in [0.05, 0.1) is 12.6 Å². The van der Waals surface area contributed by atoms with Gasteiger partial charge in [-0.25, -0.2) is 0 Å². The standard InChI is InChI=1S/C21H24N2O3/c1-12(24)23-16-5-3-2-4-15(16)21-7-8-22-11-13-6-9-26-20(25)18(19(21)23)14(13)10-17(21)22/h2-6,14,17-20,25H,7-11H2,1H3/t14-,17-,18+,19+,20-,21+/m1/s1. The van der Waals surface area contributed by atoms with Crippen LogP contribution >= 0.6 is 0 Å². The first kappa shape index (κ1) is 15.4. The van der Waals surface area contributed by atoms with Crippen molar-refractivity contribution in [3.05, 3.63) is 41.5 Å². The van der Waals surface area contributed by atoms with E-state index in [1.54, 1.807) is 6.92 Å². The number of fused-ring (bicyclic) bond motifs is 2. The second kappa shape index (κ2) is 4.97. The van der Waals surface area contributed by atoms with Crippen LogP contribution in [0.25, 0.3) is 0 Å². The fraction of sp³-hybridized carbons (Fsp3) is 0.571. The summed E-state index contributed by atoms with van der Waals surface area (Å²) in [4.78, 5) is 17.4. The van der Waals surface area contributed by atoms with Crippen LogP contribution in [0, 0.1) is 11.8 Å². The molecule has 0 aromatic heterocycles. The monoisotopic (exact) mass is 352 g/mol. The molecule has 6 atom stereocenters. The first-order valence-electron chi connectivity index (χ1n) is 9.75. The number of ether oxygens (including phenoxy) is 1. The number of benzene rings is 1. The molecule has 5 nitrogen and oxygen atoms in total. The van der Waals surface area contributed by atoms with Crippen molar-refractivity contribution in [2.24, 2.45) is 11.8 Å². The van der Waals surface area contributed by atoms with E-state index < -0.39 is 6.29 Å². The largest absolute Gasteiger partial charge is 0.368 e. The Balaban J connectivity index is 1.64. The van der Waals surface area contributed by atoms with Crippen molar-refractivity contribution in [3.8, 4) is 0 Å². The molecule has 1 amide bonds. The van der Waals surface area contributed by atoms with Crippen molar-refractivity contribution in [2.45, 2.75) is 43.6 Å². The molecular weight excluding hydrogens is 328 g/mol. The number of aliphatic hydroxyl groups excluding tert-OH is 1. The maximum absolute atomic E-state index is 12.8. The Morgan fingerprint density at radius 2 is 2.19 bits per heavy atom. The Kier molecular flexibility index (Phi) is 2.94. The van der Waals surface area contributed by atoms with Gasteiger partial charge in [0, 0.05) is 36.5 Å². The van der Waals surface area contributed by atoms with Crippen LogP contribution in [-0.4, -0.2) is 54.0 Å². The zero-order valence-corrected chi connectivity index (χ0v) is 15.0. The molecule has 1 aromatic rings. The van der Waals surface area contributed by atoms with E-state index in [4.69, 9.17) is 4.74 Å². The molecule has 2 bridgehead atoms. The number of piperidine rings is 1. The molecule has 1 N–H and O–H groups in total. The molecule has 6 rings (SSSR count). The van der Waals surface area contributed by atoms with Gasteiger partial charge in [-0.15, -0.1) is 0 Å². The third kappa shape index (κ3) is 1.61. The minimum Gasteiger partial charge on any atom is -0.368 e. The van der Waals surface area contributed by atoms with E-state index in [9.17, 15) is 9.90 Å². The molecule has 5 heteroatoms. The topological polar surface area (TPSA) is 53.0 Å². The van der Waals surface area contributed by atoms with Crippen molar-refractivity contribution in [2.75, 3.05) is 24.6 Å². The van der Waals surface area contributed by atoms with Crippen molar-refractivity contribution in [1.29, 1.82) is 0 Å². The van der Waals surface area contributed by atoms with Crippen molar-refractivity contribution >= 4 is 11.6 Å². The Morgan fingerprint density at radius 1 is 1.35 bits per heavy atom. The summed E-state index contributed by atoms with van der Waals surface area (Å²) < 4.78 is 5.78. The molecular formula is C21H24N2O3. The lowest BCUT2D eigenvalue weighted by Crippen LogP contribution is -2.66. The first-order chi connectivity index (χ1) is 12.6. The van der Waals surface area contributed by atoms with Crippen LogP contribution in [0.5, 0.6) is 0 Å². The summed E-state index contributed by atoms with van der Waals surface area (Å²) in [6.07, 6.45) is 3.47. The molecule has 0 unspecified atom stereocenters. The SMILES string of the molecule is CC(=O)N1c2ccccc2[C@@]23CCN4CC5=CCO[C@@H](O)[C@@H]([C@@H]5C[C@@H]42)[C@H]13. The third-order valence-corrected chi connectivity index (χ3v) is 7.77. The molecule has 1 spiro atoms. The molecule has 1 aromatic carbocycles. The van der Waals surface area contributed by atoms with Crippen LogP contribution < -0.4 is 4.90 Å². The second-order valence-corrected chi connectivity index (χ2v) is 8.55. The maximum atomic E-state index is 12.8. The van der Waals surface area contributed by atoms with Crippen LogP contribution in [0.2, 0.25) is 0 Å². The minimum atomic E-state index is -0.820. The highest BCUT2D eigenvalue weighted by Gasteiger charge is 2.69. The number of aliphatic hydroxyl groups is 1. The highest BCUT2D eigenvalue weighted by atomic mass is 16.6. The smallest absolute Gasteiger partial charge is 0.224 e. The van der Waals surface area contributed by atoms with E-state index in [1.165, 1.54) is 11.1 Å². The van der Waals surface area contributed by atoms with Gasteiger partial charge in [-0.05, 0) is 36.9 Å². The predicted molar refractivity (Wildman–Crippen MR) is 96.7 cm³/mol. The van der Waals surface area contributed by atoms with E-state index in [0.29, 0.717) is 18.6 Å². The van der Waals surface area contributed by atoms with Gasteiger partial charge < -0.3 is 14.7 Å². The van der Waals surface area contributed by atoms with Crippen LogP contribution in [0.1, 0.15) is 25.3 Å². The van der Waals surface area contributed by atoms with Crippen LogP contribution in [-0.2, 0) is 14.9 Å². The van der Waals surface area contributed by atoms with Crippen LogP contribution in [0.15, 0.2) is 35.9 Å². The number of rotatable bonds is 0. The lowest BCUT2D eigenvalue weighted by atomic mass is 9.55. The summed E-state index contributed by atoms with van der Waals surface area (Å²) in [7, 11) is 0. The molecule has 4 heterocycles. The number of amides is 1. The van der Waals surface area contributed by atoms with Gasteiger partial charge in [0.25, 0.3) is 0 Å². The molecule has 1 aliphatic carbocycles. The van der Waals surface area contributed by atoms with E-state index >= 15 is 0 Å². The molecule has 26 heavy (non-hydrogen) atoms. The Hall–Kier alpha value is -1.69. The van der Waals surface area contributed by atoms with Crippen LogP contribution in [0.4, 0.5) is 5.69 Å². The summed E-state index contributed by atoms with van der Waals surface area (Å²) in [5.74, 6) is 0.317. The first-order valence-corrected chi connectivity index (χ1v) is 9.75. The van der Waals surface area contributed by atoms with Gasteiger partial charge in [-0.1, -0.05) is 29.8 Å². The van der Waals surface area contributed by atoms with E-state index in [1.807, 2.05) is 11.0 Å². The predicted octanol–water partition coefficient (Wildman–Crippen LogP) is 1.66. The average molecular weight is 352 g/mol. The van der Waals surface area contributed by atoms with Gasteiger partial charge in [0.15, 0.2) is 6.29 Å². The summed E-state index contributed by atoms with van der Waals surface area (Å²) in [6.45, 7) is 4.18. The zero-order chi connectivity index (χ0) is 17.6. The van der Waals surface area contributed by atoms with E-state index in [2.05, 4.69) is 29.2 Å². The molecule has 2 saturated heterocycles. The Bertz CT molecular complexity index is 836. The third-order valence-electron chi connectivity index (χ3n) is 7.77. The van der Waals surface area contributed by atoms with Crippen molar-refractivity contribution < 1.29 is 14.6 Å². The maximum Gasteiger partial charge on any atom is 0.224 e. The zero-order valence-electron chi connectivity index (χ0n) is 15.0. The summed E-state index contributed by atoms with van der Waals surface area (Å²) in [5.41, 5.74) is 3.66. The molecule has 5 aliphatic rings. The van der Waals surface area contributed by atoms with Gasteiger partial charge in [-0.2, -0.15) is 0 Å². The average Bonchev–Trinajstić information content (AvgIpc) is 3.10. The Labute approximate surface area is 153 Å². The van der Waals surface area contributed by atoms with Crippen molar-refractivity contribution in [1.82, 2.24) is 4.90 Å². The number of carbonyl (C=O) groups excluding carboxylic acids is 1. The molecule has 3 fully saturated rings. The summed E-state index contributed by atoms with van der Waals surface area (Å²) in [5, 5.41) is 11.0. The van der Waals surface area contributed by atoms with Gasteiger partial charge in [0.1, 0.15) is 0 Å². The number of para-hydroxylation sites is 1. The molecule has 136 valence electrons. The van der Waals surface area contributed by atoms with Crippen molar-refractivity contribution in [3.63, 3.8) is 0 Å². The number of carbonyl (C=O) groups is 1. The number of hydrogen-bond acceptors (Lipinski definition) is 4. The minimum absolute atomic E-state index is 0.0250. The summed E-state index contributed by atoms with van der Waals surface area (Å²) >= 11 is 0. The van der Waals surface area contributed by atoms with E-state index in [-0.39, 0.29) is 23.3 Å². The number of hydrogen-bond donors (Lipinski definition) is 1.